The standard InChI is InChI=1S/C14H11F3O2/c1-19-11-5-6-12(13(18)8-11)9-3-2-4-10(7-9)14(15,16)17/h2-8,18H,1H3. The Morgan fingerprint density at radius 3 is 2.37 bits per heavy atom. The Kier molecular flexibility index (Phi) is 3.38. The van der Waals surface area contributed by atoms with Gasteiger partial charge in [-0.15, -0.1) is 0 Å². The van der Waals surface area contributed by atoms with Gasteiger partial charge in [-0.1, -0.05) is 12.1 Å². The minimum atomic E-state index is -4.40. The fourth-order valence-electron chi connectivity index (χ4n) is 1.75. The number of phenolic OH excluding ortho intramolecular Hbond substituents is 1. The van der Waals surface area contributed by atoms with E-state index < -0.39 is 11.7 Å². The summed E-state index contributed by atoms with van der Waals surface area (Å²) < 4.78 is 42.8. The second kappa shape index (κ2) is 4.84. The highest BCUT2D eigenvalue weighted by atomic mass is 19.4. The van der Waals surface area contributed by atoms with Gasteiger partial charge >= 0.3 is 6.18 Å². The predicted molar refractivity (Wildman–Crippen MR) is 65.1 cm³/mol. The third kappa shape index (κ3) is 2.81. The van der Waals surface area contributed by atoms with E-state index in [1.807, 2.05) is 0 Å². The molecule has 0 unspecified atom stereocenters. The smallest absolute Gasteiger partial charge is 0.416 e. The molecule has 2 rings (SSSR count). The van der Waals surface area contributed by atoms with E-state index in [1.54, 1.807) is 6.07 Å². The van der Waals surface area contributed by atoms with Crippen LogP contribution in [0.5, 0.6) is 11.5 Å². The zero-order chi connectivity index (χ0) is 14.0. The van der Waals surface area contributed by atoms with Crippen LogP contribution in [0.2, 0.25) is 0 Å². The molecule has 0 aliphatic carbocycles. The Balaban J connectivity index is 2.48. The molecular weight excluding hydrogens is 257 g/mol. The van der Waals surface area contributed by atoms with E-state index in [0.717, 1.165) is 12.1 Å². The van der Waals surface area contributed by atoms with Gasteiger partial charge in [0.25, 0.3) is 0 Å². The quantitative estimate of drug-likeness (QED) is 0.889. The molecule has 5 heteroatoms. The van der Waals surface area contributed by atoms with E-state index in [-0.39, 0.29) is 5.75 Å². The summed E-state index contributed by atoms with van der Waals surface area (Å²) in [6.45, 7) is 0. The summed E-state index contributed by atoms with van der Waals surface area (Å²) >= 11 is 0. The maximum absolute atomic E-state index is 12.6. The van der Waals surface area contributed by atoms with E-state index in [0.29, 0.717) is 16.9 Å². The van der Waals surface area contributed by atoms with E-state index >= 15 is 0 Å². The third-order valence-corrected chi connectivity index (χ3v) is 2.71. The van der Waals surface area contributed by atoms with Crippen molar-refractivity contribution in [3.05, 3.63) is 48.0 Å². The van der Waals surface area contributed by atoms with Gasteiger partial charge in [-0.05, 0) is 29.8 Å². The number of hydrogen-bond donors (Lipinski definition) is 1. The Bertz CT molecular complexity index is 591. The van der Waals surface area contributed by atoms with Gasteiger partial charge < -0.3 is 9.84 Å². The van der Waals surface area contributed by atoms with Crippen molar-refractivity contribution in [1.82, 2.24) is 0 Å². The van der Waals surface area contributed by atoms with Crippen molar-refractivity contribution in [2.24, 2.45) is 0 Å². The number of halogens is 3. The predicted octanol–water partition coefficient (Wildman–Crippen LogP) is 4.09. The molecule has 0 aliphatic heterocycles. The first kappa shape index (κ1) is 13.3. The SMILES string of the molecule is COc1ccc(-c2cccc(C(F)(F)F)c2)c(O)c1. The Hall–Kier alpha value is -2.17. The van der Waals surface area contributed by atoms with E-state index in [2.05, 4.69) is 0 Å². The molecule has 2 aromatic rings. The molecule has 0 aromatic heterocycles. The van der Waals surface area contributed by atoms with Crippen LogP contribution in [-0.4, -0.2) is 12.2 Å². The molecule has 19 heavy (non-hydrogen) atoms. The summed E-state index contributed by atoms with van der Waals surface area (Å²) in [5.41, 5.74) is -0.123. The van der Waals surface area contributed by atoms with Crippen LogP contribution < -0.4 is 4.74 Å². The Morgan fingerprint density at radius 2 is 1.79 bits per heavy atom. The Labute approximate surface area is 108 Å². The number of ether oxygens (including phenoxy) is 1. The highest BCUT2D eigenvalue weighted by Crippen LogP contribution is 2.36. The summed E-state index contributed by atoms with van der Waals surface area (Å²) in [5, 5.41) is 9.81. The monoisotopic (exact) mass is 268 g/mol. The number of rotatable bonds is 2. The van der Waals surface area contributed by atoms with Crippen LogP contribution >= 0.6 is 0 Å². The molecule has 0 spiro atoms. The average Bonchev–Trinajstić information content (AvgIpc) is 2.37. The van der Waals surface area contributed by atoms with Gasteiger partial charge in [-0.2, -0.15) is 13.2 Å². The molecule has 0 radical (unpaired) electrons. The second-order valence-corrected chi connectivity index (χ2v) is 3.96. The molecule has 1 N–H and O–H groups in total. The van der Waals surface area contributed by atoms with Crippen molar-refractivity contribution in [3.63, 3.8) is 0 Å². The molecule has 0 saturated heterocycles. The van der Waals surface area contributed by atoms with Gasteiger partial charge in [-0.3, -0.25) is 0 Å². The van der Waals surface area contributed by atoms with Crippen LogP contribution in [-0.2, 0) is 6.18 Å². The van der Waals surface area contributed by atoms with Crippen molar-refractivity contribution in [3.8, 4) is 22.6 Å². The second-order valence-electron chi connectivity index (χ2n) is 3.96. The van der Waals surface area contributed by atoms with Crippen molar-refractivity contribution in [2.45, 2.75) is 6.18 Å². The van der Waals surface area contributed by atoms with Crippen LogP contribution in [0.4, 0.5) is 13.2 Å². The molecular formula is C14H11F3O2. The van der Waals surface area contributed by atoms with Gasteiger partial charge in [0.2, 0.25) is 0 Å². The number of hydrogen-bond acceptors (Lipinski definition) is 2. The lowest BCUT2D eigenvalue weighted by Gasteiger charge is -2.10. The first-order chi connectivity index (χ1) is 8.91. The lowest BCUT2D eigenvalue weighted by atomic mass is 10.0. The molecule has 100 valence electrons. The lowest BCUT2D eigenvalue weighted by Crippen LogP contribution is -2.04. The number of phenols is 1. The minimum Gasteiger partial charge on any atom is -0.507 e. The van der Waals surface area contributed by atoms with Gasteiger partial charge in [0, 0.05) is 11.6 Å². The number of benzene rings is 2. The van der Waals surface area contributed by atoms with Crippen LogP contribution in [0.3, 0.4) is 0 Å². The third-order valence-electron chi connectivity index (χ3n) is 2.71. The molecule has 0 atom stereocenters. The van der Waals surface area contributed by atoms with Crippen molar-refractivity contribution in [2.75, 3.05) is 7.11 Å². The van der Waals surface area contributed by atoms with Crippen LogP contribution in [0.1, 0.15) is 5.56 Å². The number of aromatic hydroxyl groups is 1. The summed E-state index contributed by atoms with van der Waals surface area (Å²) in [6, 6.07) is 9.26. The summed E-state index contributed by atoms with van der Waals surface area (Å²) in [4.78, 5) is 0. The van der Waals surface area contributed by atoms with Gasteiger partial charge in [0.15, 0.2) is 0 Å². The minimum absolute atomic E-state index is 0.126. The van der Waals surface area contributed by atoms with Crippen molar-refractivity contribution < 1.29 is 23.0 Å². The van der Waals surface area contributed by atoms with Crippen LogP contribution in [0, 0.1) is 0 Å². The molecule has 2 nitrogen and oxygen atoms in total. The topological polar surface area (TPSA) is 29.5 Å². The molecule has 0 fully saturated rings. The largest absolute Gasteiger partial charge is 0.507 e. The lowest BCUT2D eigenvalue weighted by molar-refractivity contribution is -0.137. The molecule has 0 saturated carbocycles. The van der Waals surface area contributed by atoms with E-state index in [1.165, 1.54) is 31.4 Å². The van der Waals surface area contributed by atoms with E-state index in [4.69, 9.17) is 4.74 Å². The summed E-state index contributed by atoms with van der Waals surface area (Å²) in [7, 11) is 1.44. The first-order valence-electron chi connectivity index (χ1n) is 5.46. The van der Waals surface area contributed by atoms with Crippen molar-refractivity contribution >= 4 is 0 Å². The Morgan fingerprint density at radius 1 is 1.05 bits per heavy atom. The number of methoxy groups -OCH3 is 1. The van der Waals surface area contributed by atoms with Crippen molar-refractivity contribution in [1.29, 1.82) is 0 Å². The summed E-state index contributed by atoms with van der Waals surface area (Å²) in [5.74, 6) is 0.312. The van der Waals surface area contributed by atoms with E-state index in [9.17, 15) is 18.3 Å². The zero-order valence-electron chi connectivity index (χ0n) is 10.0. The molecule has 0 heterocycles. The highest BCUT2D eigenvalue weighted by molar-refractivity contribution is 5.71. The molecule has 0 amide bonds. The maximum Gasteiger partial charge on any atom is 0.416 e. The average molecular weight is 268 g/mol. The molecule has 0 aliphatic rings. The normalized spacial score (nSPS) is 11.4. The number of alkyl halides is 3. The fraction of sp³-hybridized carbons (Fsp3) is 0.143. The van der Waals surface area contributed by atoms with Gasteiger partial charge in [0.1, 0.15) is 11.5 Å². The maximum atomic E-state index is 12.6. The fourth-order valence-corrected chi connectivity index (χ4v) is 1.75. The van der Waals surface area contributed by atoms with Gasteiger partial charge in [-0.25, -0.2) is 0 Å². The van der Waals surface area contributed by atoms with Gasteiger partial charge in [0.05, 0.1) is 12.7 Å². The van der Waals surface area contributed by atoms with Crippen LogP contribution in [0.15, 0.2) is 42.5 Å². The summed E-state index contributed by atoms with van der Waals surface area (Å²) in [6.07, 6.45) is -4.40. The molecule has 0 bridgehead atoms. The zero-order valence-corrected chi connectivity index (χ0v) is 10.0. The van der Waals surface area contributed by atoms with Crippen LogP contribution in [0.25, 0.3) is 11.1 Å². The first-order valence-corrected chi connectivity index (χ1v) is 5.46. The highest BCUT2D eigenvalue weighted by Gasteiger charge is 2.30. The molecule has 2 aromatic carbocycles.